The minimum atomic E-state index is -4.66. The number of amides is 2. The number of aromatic carboxylic acids is 1. The van der Waals surface area contributed by atoms with E-state index in [-0.39, 0.29) is 27.9 Å². The fourth-order valence-corrected chi connectivity index (χ4v) is 4.46. The molecule has 0 aromatic heterocycles. The van der Waals surface area contributed by atoms with E-state index in [2.05, 4.69) is 20.7 Å². The molecular weight excluding hydrogens is 549 g/mol. The molecule has 0 spiro atoms. The molecule has 1 saturated heterocycles. The molecule has 1 aliphatic heterocycles. The van der Waals surface area contributed by atoms with Gasteiger partial charge >= 0.3 is 12.1 Å². The van der Waals surface area contributed by atoms with Crippen LogP contribution < -0.4 is 15.6 Å². The first-order valence-corrected chi connectivity index (χ1v) is 12.6. The van der Waals surface area contributed by atoms with Crippen LogP contribution in [0.3, 0.4) is 0 Å². The second kappa shape index (κ2) is 12.2. The first-order valence-electron chi connectivity index (χ1n) is 12.3. The smallest absolute Gasteiger partial charge is 0.417 e. The lowest BCUT2D eigenvalue weighted by Gasteiger charge is -2.29. The second-order valence-electron chi connectivity index (χ2n) is 9.05. The van der Waals surface area contributed by atoms with Crippen LogP contribution in [0.2, 0.25) is 5.02 Å². The number of carbonyl (C=O) groups is 3. The number of halogens is 4. The number of carbonyl (C=O) groups excluding carboxylic acids is 2. The van der Waals surface area contributed by atoms with E-state index in [1.54, 1.807) is 18.2 Å². The number of benzene rings is 3. The zero-order valence-electron chi connectivity index (χ0n) is 21.0. The van der Waals surface area contributed by atoms with E-state index in [0.717, 1.165) is 56.4 Å². The van der Waals surface area contributed by atoms with Crippen LogP contribution in [0.5, 0.6) is 0 Å². The Morgan fingerprint density at radius 2 is 1.65 bits per heavy atom. The van der Waals surface area contributed by atoms with Gasteiger partial charge in [-0.1, -0.05) is 23.7 Å². The molecule has 4 rings (SSSR count). The zero-order valence-corrected chi connectivity index (χ0v) is 21.7. The molecule has 12 heteroatoms. The van der Waals surface area contributed by atoms with Gasteiger partial charge in [0.05, 0.1) is 33.6 Å². The van der Waals surface area contributed by atoms with Gasteiger partial charge in [0.1, 0.15) is 0 Å². The normalized spacial score (nSPS) is 13.8. The van der Waals surface area contributed by atoms with Crippen LogP contribution in [0.25, 0.3) is 0 Å². The van der Waals surface area contributed by atoms with Crippen LogP contribution in [0.4, 0.5) is 24.5 Å². The van der Waals surface area contributed by atoms with Crippen molar-refractivity contribution >= 4 is 47.0 Å². The monoisotopic (exact) mass is 572 g/mol. The summed E-state index contributed by atoms with van der Waals surface area (Å²) in [5.74, 6) is -2.54. The molecule has 1 fully saturated rings. The van der Waals surface area contributed by atoms with E-state index >= 15 is 0 Å². The van der Waals surface area contributed by atoms with Crippen LogP contribution in [0.15, 0.2) is 65.8 Å². The fraction of sp³-hybridized carbons (Fsp3) is 0.214. The maximum atomic E-state index is 13.2. The Bertz CT molecular complexity index is 1470. The molecule has 8 nitrogen and oxygen atoms in total. The third kappa shape index (κ3) is 6.97. The van der Waals surface area contributed by atoms with E-state index in [0.29, 0.717) is 0 Å². The summed E-state index contributed by atoms with van der Waals surface area (Å²) in [7, 11) is 0. The van der Waals surface area contributed by atoms with E-state index in [1.807, 2.05) is 0 Å². The van der Waals surface area contributed by atoms with Gasteiger partial charge in [-0.2, -0.15) is 18.3 Å². The van der Waals surface area contributed by atoms with Crippen molar-refractivity contribution in [3.05, 3.63) is 93.5 Å². The molecule has 0 saturated carbocycles. The maximum Gasteiger partial charge on any atom is 0.417 e. The average Bonchev–Trinajstić information content (AvgIpc) is 2.94. The molecule has 3 aromatic rings. The third-order valence-corrected chi connectivity index (χ3v) is 6.59. The molecule has 2 amide bonds. The summed E-state index contributed by atoms with van der Waals surface area (Å²) in [5.41, 5.74) is 2.29. The first kappa shape index (κ1) is 28.6. The lowest BCUT2D eigenvalue weighted by molar-refractivity contribution is -0.137. The number of carboxylic acids is 1. The number of rotatable bonds is 7. The molecule has 0 aliphatic carbocycles. The van der Waals surface area contributed by atoms with Crippen molar-refractivity contribution < 1.29 is 32.7 Å². The van der Waals surface area contributed by atoms with Gasteiger partial charge in [0, 0.05) is 24.3 Å². The highest BCUT2D eigenvalue weighted by Gasteiger charge is 2.33. The summed E-state index contributed by atoms with van der Waals surface area (Å²) >= 11 is 5.65. The van der Waals surface area contributed by atoms with E-state index in [1.165, 1.54) is 30.3 Å². The molecule has 0 unspecified atom stereocenters. The van der Waals surface area contributed by atoms with E-state index in [4.69, 9.17) is 11.6 Å². The van der Waals surface area contributed by atoms with E-state index in [9.17, 15) is 32.7 Å². The van der Waals surface area contributed by atoms with Gasteiger partial charge < -0.3 is 15.3 Å². The summed E-state index contributed by atoms with van der Waals surface area (Å²) in [6.45, 7) is 1.59. The summed E-state index contributed by atoms with van der Waals surface area (Å²) in [6.07, 6.45) is -0.525. The summed E-state index contributed by atoms with van der Waals surface area (Å²) in [6, 6.07) is 13.6. The zero-order chi connectivity index (χ0) is 28.9. The number of alkyl halides is 3. The van der Waals surface area contributed by atoms with Gasteiger partial charge in [0.15, 0.2) is 0 Å². The van der Waals surface area contributed by atoms with Gasteiger partial charge in [-0.25, -0.2) is 10.2 Å². The molecule has 3 aromatic carbocycles. The Kier molecular flexibility index (Phi) is 8.73. The Balaban J connectivity index is 1.59. The standard InChI is InChI=1S/C28H24ClF3N4O4/c29-23-9-7-17(13-22(23)28(30,31)32)16-33-35-26(38)21-15-20(36-11-2-1-3-12-36)8-10-24(21)34-25(37)18-5-4-6-19(14-18)27(39)40/h4-10,13-16H,1-3,11-12H2,(H,34,37)(H,35,38)(H,39,40). The van der Waals surface area contributed by atoms with Gasteiger partial charge in [0.25, 0.3) is 11.8 Å². The van der Waals surface area contributed by atoms with Gasteiger partial charge in [-0.15, -0.1) is 0 Å². The minimum absolute atomic E-state index is 0.0610. The molecule has 40 heavy (non-hydrogen) atoms. The first-order chi connectivity index (χ1) is 19.0. The molecule has 0 radical (unpaired) electrons. The minimum Gasteiger partial charge on any atom is -0.478 e. The number of hydrogen-bond acceptors (Lipinski definition) is 5. The van der Waals surface area contributed by atoms with Crippen LogP contribution in [-0.4, -0.2) is 42.2 Å². The largest absolute Gasteiger partial charge is 0.478 e. The number of hydrogen-bond donors (Lipinski definition) is 3. The Hall–Kier alpha value is -4.38. The lowest BCUT2D eigenvalue weighted by atomic mass is 10.1. The Morgan fingerprint density at radius 3 is 2.35 bits per heavy atom. The summed E-state index contributed by atoms with van der Waals surface area (Å²) in [5, 5.41) is 15.2. The predicted molar refractivity (Wildman–Crippen MR) is 145 cm³/mol. The van der Waals surface area contributed by atoms with Gasteiger partial charge in [-0.05, 0) is 73.4 Å². The van der Waals surface area contributed by atoms with Crippen molar-refractivity contribution in [3.63, 3.8) is 0 Å². The van der Waals surface area contributed by atoms with Crippen molar-refractivity contribution in [2.45, 2.75) is 25.4 Å². The highest BCUT2D eigenvalue weighted by atomic mass is 35.5. The number of hydrazone groups is 1. The molecule has 208 valence electrons. The van der Waals surface area contributed by atoms with Crippen LogP contribution in [0, 0.1) is 0 Å². The van der Waals surface area contributed by atoms with Gasteiger partial charge in [0.2, 0.25) is 0 Å². The van der Waals surface area contributed by atoms with Crippen molar-refractivity contribution in [1.29, 1.82) is 0 Å². The number of piperidine rings is 1. The van der Waals surface area contributed by atoms with Gasteiger partial charge in [-0.3, -0.25) is 9.59 Å². The Morgan fingerprint density at radius 1 is 0.925 bits per heavy atom. The highest BCUT2D eigenvalue weighted by Crippen LogP contribution is 2.35. The van der Waals surface area contributed by atoms with Crippen LogP contribution in [0.1, 0.15) is 61.5 Å². The number of nitrogens with zero attached hydrogens (tertiary/aromatic N) is 2. The average molecular weight is 573 g/mol. The maximum absolute atomic E-state index is 13.2. The van der Waals surface area contributed by atoms with Crippen LogP contribution >= 0.6 is 11.6 Å². The van der Waals surface area contributed by atoms with Crippen LogP contribution in [-0.2, 0) is 6.18 Å². The fourth-order valence-electron chi connectivity index (χ4n) is 4.23. The van der Waals surface area contributed by atoms with Crippen molar-refractivity contribution in [3.8, 4) is 0 Å². The molecule has 1 heterocycles. The van der Waals surface area contributed by atoms with Crippen molar-refractivity contribution in [2.75, 3.05) is 23.3 Å². The number of carboxylic acid groups (broad SMARTS) is 1. The van der Waals surface area contributed by atoms with Crippen molar-refractivity contribution in [1.82, 2.24) is 5.43 Å². The second-order valence-corrected chi connectivity index (χ2v) is 9.46. The van der Waals surface area contributed by atoms with Crippen molar-refractivity contribution in [2.24, 2.45) is 5.10 Å². The summed E-state index contributed by atoms with van der Waals surface area (Å²) < 4.78 is 39.5. The number of nitrogens with one attached hydrogen (secondary N) is 2. The Labute approximate surface area is 232 Å². The molecule has 0 bridgehead atoms. The third-order valence-electron chi connectivity index (χ3n) is 6.26. The quantitative estimate of drug-likeness (QED) is 0.235. The SMILES string of the molecule is O=C(O)c1cccc(C(=O)Nc2ccc(N3CCCCC3)cc2C(=O)NN=Cc2ccc(Cl)c(C(F)(F)F)c2)c1. The molecular formula is C28H24ClF3N4O4. The summed E-state index contributed by atoms with van der Waals surface area (Å²) in [4.78, 5) is 39.5. The molecule has 0 atom stereocenters. The van der Waals surface area contributed by atoms with E-state index < -0.39 is 34.5 Å². The molecule has 3 N–H and O–H groups in total. The topological polar surface area (TPSA) is 111 Å². The highest BCUT2D eigenvalue weighted by molar-refractivity contribution is 6.31. The predicted octanol–water partition coefficient (Wildman–Crippen LogP) is 6.06. The molecule has 1 aliphatic rings. The number of anilines is 2. The lowest BCUT2D eigenvalue weighted by Crippen LogP contribution is -2.30.